The van der Waals surface area contributed by atoms with Gasteiger partial charge in [0.05, 0.1) is 0 Å². The molecular formula is C23H23ClF4O. The van der Waals surface area contributed by atoms with Gasteiger partial charge in [0.1, 0.15) is 10.8 Å². The second kappa shape index (κ2) is 9.97. The average molecular weight is 427 g/mol. The molecule has 156 valence electrons. The van der Waals surface area contributed by atoms with E-state index in [-0.39, 0.29) is 11.2 Å². The molecule has 0 aliphatic carbocycles. The fourth-order valence-corrected chi connectivity index (χ4v) is 2.79. The summed E-state index contributed by atoms with van der Waals surface area (Å²) in [5.74, 6) is 0.286. The molecule has 0 aromatic heterocycles. The summed E-state index contributed by atoms with van der Waals surface area (Å²) < 4.78 is 56.8. The lowest BCUT2D eigenvalue weighted by atomic mass is 9.86. The van der Waals surface area contributed by atoms with E-state index in [1.165, 1.54) is 12.1 Å². The van der Waals surface area contributed by atoms with Crippen molar-refractivity contribution in [3.05, 3.63) is 83.2 Å². The van der Waals surface area contributed by atoms with E-state index in [9.17, 15) is 17.6 Å². The number of hydrogen-bond donors (Lipinski definition) is 0. The van der Waals surface area contributed by atoms with Gasteiger partial charge in [0, 0.05) is 0 Å². The number of halogens is 5. The van der Waals surface area contributed by atoms with Crippen molar-refractivity contribution in [1.82, 2.24) is 0 Å². The number of allylic oxidation sites excluding steroid dienone is 4. The maximum Gasteiger partial charge on any atom is 0.426 e. The van der Waals surface area contributed by atoms with E-state index in [0.717, 1.165) is 24.5 Å². The van der Waals surface area contributed by atoms with Crippen LogP contribution in [0, 0.1) is 11.2 Å². The third-order valence-electron chi connectivity index (χ3n) is 4.31. The Morgan fingerprint density at radius 3 is 2.41 bits per heavy atom. The summed E-state index contributed by atoms with van der Waals surface area (Å²) in [5, 5.41) is -1.15. The van der Waals surface area contributed by atoms with Gasteiger partial charge in [-0.25, -0.2) is 4.39 Å². The van der Waals surface area contributed by atoms with Crippen molar-refractivity contribution in [2.75, 3.05) is 0 Å². The molecule has 6 heteroatoms. The van der Waals surface area contributed by atoms with Crippen LogP contribution in [0.1, 0.15) is 32.3 Å². The molecule has 2 aromatic carbocycles. The lowest BCUT2D eigenvalue weighted by molar-refractivity contribution is -0.0845. The molecule has 2 aromatic rings. The molecule has 0 bridgehead atoms. The molecule has 0 aliphatic heterocycles. The van der Waals surface area contributed by atoms with Gasteiger partial charge >= 0.3 is 6.18 Å². The van der Waals surface area contributed by atoms with Crippen LogP contribution in [0.25, 0.3) is 0 Å². The summed E-state index contributed by atoms with van der Waals surface area (Å²) in [5.41, 5.74) is 0.625. The van der Waals surface area contributed by atoms with Crippen LogP contribution in [0.15, 0.2) is 71.8 Å². The molecule has 0 fully saturated rings. The maximum absolute atomic E-state index is 14.0. The first-order valence-corrected chi connectivity index (χ1v) is 9.58. The molecule has 2 rings (SSSR count). The van der Waals surface area contributed by atoms with Crippen molar-refractivity contribution < 1.29 is 22.3 Å². The van der Waals surface area contributed by atoms with Crippen LogP contribution in [0.2, 0.25) is 0 Å². The van der Waals surface area contributed by atoms with Crippen LogP contribution in [-0.2, 0) is 6.42 Å². The molecule has 0 amide bonds. The zero-order valence-electron chi connectivity index (χ0n) is 16.3. The molecule has 0 radical (unpaired) electrons. The Balaban J connectivity index is 1.93. The molecular weight excluding hydrogens is 404 g/mol. The summed E-state index contributed by atoms with van der Waals surface area (Å²) in [6.07, 6.45) is 1.59. The van der Waals surface area contributed by atoms with Gasteiger partial charge in [-0.05, 0) is 60.6 Å². The quantitative estimate of drug-likeness (QED) is 0.305. The van der Waals surface area contributed by atoms with Gasteiger partial charge in [-0.2, -0.15) is 13.2 Å². The molecule has 29 heavy (non-hydrogen) atoms. The summed E-state index contributed by atoms with van der Waals surface area (Å²) in [4.78, 5) is 0. The minimum absolute atomic E-state index is 0.166. The molecule has 0 atom stereocenters. The van der Waals surface area contributed by atoms with E-state index in [0.29, 0.717) is 12.2 Å². The van der Waals surface area contributed by atoms with E-state index in [1.807, 2.05) is 32.0 Å². The zero-order valence-corrected chi connectivity index (χ0v) is 17.0. The summed E-state index contributed by atoms with van der Waals surface area (Å²) in [7, 11) is 0. The third-order valence-corrected chi connectivity index (χ3v) is 4.65. The van der Waals surface area contributed by atoms with Crippen LogP contribution in [0.5, 0.6) is 11.5 Å². The molecule has 0 saturated carbocycles. The summed E-state index contributed by atoms with van der Waals surface area (Å²) >= 11 is 5.20. The highest BCUT2D eigenvalue weighted by Gasteiger charge is 2.31. The lowest BCUT2D eigenvalue weighted by Crippen LogP contribution is -2.08. The Kier molecular flexibility index (Phi) is 7.91. The Labute approximate surface area is 173 Å². The van der Waals surface area contributed by atoms with E-state index in [1.54, 1.807) is 30.3 Å². The average Bonchev–Trinajstić information content (AvgIpc) is 2.64. The lowest BCUT2D eigenvalue weighted by Gasteiger charge is -2.20. The van der Waals surface area contributed by atoms with Crippen molar-refractivity contribution in [2.24, 2.45) is 5.41 Å². The number of rotatable bonds is 8. The topological polar surface area (TPSA) is 9.23 Å². The van der Waals surface area contributed by atoms with Crippen LogP contribution >= 0.6 is 11.6 Å². The molecule has 0 aliphatic rings. The minimum Gasteiger partial charge on any atom is -0.454 e. The first kappa shape index (κ1) is 23.0. The highest BCUT2D eigenvalue weighted by Crippen LogP contribution is 2.30. The molecule has 0 unspecified atom stereocenters. The Hall–Kier alpha value is -2.27. The van der Waals surface area contributed by atoms with Gasteiger partial charge in [-0.3, -0.25) is 0 Å². The van der Waals surface area contributed by atoms with Gasteiger partial charge in [0.15, 0.2) is 11.6 Å². The Bertz CT molecular complexity index is 855. The van der Waals surface area contributed by atoms with Crippen molar-refractivity contribution in [3.8, 4) is 11.5 Å². The number of para-hydroxylation sites is 1. The number of alkyl halides is 3. The van der Waals surface area contributed by atoms with Crippen LogP contribution in [0.3, 0.4) is 0 Å². The zero-order chi connectivity index (χ0) is 21.5. The Morgan fingerprint density at radius 1 is 1.07 bits per heavy atom. The van der Waals surface area contributed by atoms with Crippen molar-refractivity contribution in [1.29, 1.82) is 0 Å². The van der Waals surface area contributed by atoms with E-state index in [2.05, 4.69) is 0 Å². The second-order valence-corrected chi connectivity index (χ2v) is 7.80. The number of ether oxygens (including phenoxy) is 1. The first-order chi connectivity index (χ1) is 13.6. The van der Waals surface area contributed by atoms with Crippen LogP contribution in [-0.4, -0.2) is 6.18 Å². The molecule has 0 saturated heterocycles. The largest absolute Gasteiger partial charge is 0.454 e. The van der Waals surface area contributed by atoms with Crippen LogP contribution < -0.4 is 4.74 Å². The van der Waals surface area contributed by atoms with E-state index in [4.69, 9.17) is 16.3 Å². The van der Waals surface area contributed by atoms with Crippen molar-refractivity contribution in [2.45, 2.75) is 39.3 Å². The predicted molar refractivity (Wildman–Crippen MR) is 109 cm³/mol. The fraction of sp³-hybridized carbons (Fsp3) is 0.304. The van der Waals surface area contributed by atoms with Crippen LogP contribution in [0.4, 0.5) is 17.6 Å². The van der Waals surface area contributed by atoms with Gasteiger partial charge < -0.3 is 4.74 Å². The van der Waals surface area contributed by atoms with Crippen molar-refractivity contribution >= 4 is 11.6 Å². The highest BCUT2D eigenvalue weighted by atomic mass is 35.5. The molecule has 0 spiro atoms. The fourth-order valence-electron chi connectivity index (χ4n) is 2.72. The summed E-state index contributed by atoms with van der Waals surface area (Å²) in [6, 6.07) is 13.7. The highest BCUT2D eigenvalue weighted by molar-refractivity contribution is 6.30. The first-order valence-electron chi connectivity index (χ1n) is 9.20. The minimum atomic E-state index is -4.53. The number of benzene rings is 2. The number of hydrogen-bond acceptors (Lipinski definition) is 1. The maximum atomic E-state index is 14.0. The van der Waals surface area contributed by atoms with Gasteiger partial charge in [0.25, 0.3) is 0 Å². The monoisotopic (exact) mass is 426 g/mol. The predicted octanol–water partition coefficient (Wildman–Crippen LogP) is 8.21. The standard InChI is InChI=1S/C23H23ClF4O/c1-22(2,15-7-11-21(24)23(26,27)28)14-6-8-17-12-13-19(25)20(16-17)29-18-9-4-3-5-10-18/h3-5,7,9-13,15-16H,6,8,14H2,1-2H3. The van der Waals surface area contributed by atoms with E-state index < -0.39 is 17.0 Å². The number of aryl methyl sites for hydroxylation is 1. The third kappa shape index (κ3) is 7.94. The molecule has 0 N–H and O–H groups in total. The second-order valence-electron chi connectivity index (χ2n) is 7.39. The SMILES string of the molecule is CC(C)(C=CC=C(Cl)C(F)(F)F)CCCc1ccc(F)c(Oc2ccccc2)c1. The molecule has 0 heterocycles. The summed E-state index contributed by atoms with van der Waals surface area (Å²) in [6.45, 7) is 3.88. The van der Waals surface area contributed by atoms with Gasteiger partial charge in [-0.15, -0.1) is 0 Å². The van der Waals surface area contributed by atoms with E-state index >= 15 is 0 Å². The van der Waals surface area contributed by atoms with Gasteiger partial charge in [-0.1, -0.05) is 61.9 Å². The molecule has 1 nitrogen and oxygen atoms in total. The normalized spacial score (nSPS) is 13.1. The Morgan fingerprint density at radius 2 is 1.76 bits per heavy atom. The van der Waals surface area contributed by atoms with Crippen molar-refractivity contribution in [3.63, 3.8) is 0 Å². The van der Waals surface area contributed by atoms with Gasteiger partial charge in [0.2, 0.25) is 0 Å². The smallest absolute Gasteiger partial charge is 0.426 e.